The molecule has 2 saturated heterocycles. The Balaban J connectivity index is 1.51. The molecular weight excluding hydrogens is 378 g/mol. The molecule has 7 nitrogen and oxygen atoms in total. The molecule has 156 valence electrons. The number of carbonyl (C=O) groups excluding carboxylic acids is 1. The van der Waals surface area contributed by atoms with Crippen molar-refractivity contribution in [1.82, 2.24) is 14.5 Å². The molecule has 3 rings (SSSR count). The van der Waals surface area contributed by atoms with Gasteiger partial charge in [-0.2, -0.15) is 0 Å². The highest BCUT2D eigenvalue weighted by atomic mass is 32.2. The van der Waals surface area contributed by atoms with Gasteiger partial charge in [-0.15, -0.1) is 0 Å². The predicted octanol–water partition coefficient (Wildman–Crippen LogP) is 1.20. The van der Waals surface area contributed by atoms with Gasteiger partial charge in [-0.3, -0.25) is 9.69 Å². The van der Waals surface area contributed by atoms with E-state index < -0.39 is 10.0 Å². The van der Waals surface area contributed by atoms with E-state index in [2.05, 4.69) is 22.3 Å². The number of ether oxygens (including phenoxy) is 1. The number of hydrogen-bond acceptors (Lipinski definition) is 5. The fourth-order valence-corrected chi connectivity index (χ4v) is 4.92. The molecule has 0 saturated carbocycles. The van der Waals surface area contributed by atoms with E-state index in [0.717, 1.165) is 38.4 Å². The highest BCUT2D eigenvalue weighted by molar-refractivity contribution is 7.89. The minimum Gasteiger partial charge on any atom is -0.379 e. The highest BCUT2D eigenvalue weighted by Gasteiger charge is 2.30. The number of rotatable bonds is 7. The first-order chi connectivity index (χ1) is 13.5. The maximum atomic E-state index is 12.6. The van der Waals surface area contributed by atoms with Crippen molar-refractivity contribution in [3.8, 4) is 0 Å². The van der Waals surface area contributed by atoms with Gasteiger partial charge < -0.3 is 10.1 Å². The van der Waals surface area contributed by atoms with Gasteiger partial charge in [-0.25, -0.2) is 12.7 Å². The van der Waals surface area contributed by atoms with Crippen molar-refractivity contribution in [1.29, 1.82) is 0 Å². The monoisotopic (exact) mass is 409 g/mol. The Bertz CT molecular complexity index is 754. The topological polar surface area (TPSA) is 79.0 Å². The van der Waals surface area contributed by atoms with Gasteiger partial charge in [0.25, 0.3) is 0 Å². The number of nitrogens with one attached hydrogen (secondary N) is 1. The van der Waals surface area contributed by atoms with Gasteiger partial charge in [0.05, 0.1) is 19.0 Å². The molecule has 2 aliphatic heterocycles. The lowest BCUT2D eigenvalue weighted by molar-refractivity contribution is -0.126. The van der Waals surface area contributed by atoms with Crippen molar-refractivity contribution in [2.24, 2.45) is 5.92 Å². The van der Waals surface area contributed by atoms with Crippen LogP contribution in [0.25, 0.3) is 0 Å². The first-order valence-electron chi connectivity index (χ1n) is 10.1. The van der Waals surface area contributed by atoms with Crippen LogP contribution in [0, 0.1) is 5.92 Å². The molecule has 2 heterocycles. The van der Waals surface area contributed by atoms with Crippen LogP contribution < -0.4 is 5.32 Å². The van der Waals surface area contributed by atoms with Crippen molar-refractivity contribution < 1.29 is 17.9 Å². The lowest BCUT2D eigenvalue weighted by atomic mass is 9.97. The standard InChI is InChI=1S/C20H31N3O4S/c1-2-28(25,26)23-9-7-17(8-10-23)20(24)21-15-18-5-3-4-6-19(18)16-22-11-13-27-14-12-22/h3-6,17H,2,7-16H2,1H3,(H,21,24). The van der Waals surface area contributed by atoms with Crippen LogP contribution in [0.1, 0.15) is 30.9 Å². The van der Waals surface area contributed by atoms with Gasteiger partial charge in [0, 0.05) is 45.2 Å². The predicted molar refractivity (Wildman–Crippen MR) is 108 cm³/mol. The van der Waals surface area contributed by atoms with E-state index in [9.17, 15) is 13.2 Å². The van der Waals surface area contributed by atoms with Crippen LogP contribution in [0.3, 0.4) is 0 Å². The van der Waals surface area contributed by atoms with E-state index in [0.29, 0.717) is 32.5 Å². The molecule has 8 heteroatoms. The van der Waals surface area contributed by atoms with Crippen LogP contribution in [-0.4, -0.2) is 68.7 Å². The van der Waals surface area contributed by atoms with E-state index in [4.69, 9.17) is 4.74 Å². The van der Waals surface area contributed by atoms with E-state index in [1.54, 1.807) is 6.92 Å². The summed E-state index contributed by atoms with van der Waals surface area (Å²) in [4.78, 5) is 15.0. The summed E-state index contributed by atoms with van der Waals surface area (Å²) in [6.45, 7) is 7.29. The molecule has 0 aliphatic carbocycles. The second kappa shape index (κ2) is 9.82. The number of benzene rings is 1. The van der Waals surface area contributed by atoms with Crippen LogP contribution in [0.5, 0.6) is 0 Å². The van der Waals surface area contributed by atoms with Crippen molar-refractivity contribution in [3.05, 3.63) is 35.4 Å². The molecular formula is C20H31N3O4S. The molecule has 0 aromatic heterocycles. The summed E-state index contributed by atoms with van der Waals surface area (Å²) in [6, 6.07) is 8.21. The SMILES string of the molecule is CCS(=O)(=O)N1CCC(C(=O)NCc2ccccc2CN2CCOCC2)CC1. The van der Waals surface area contributed by atoms with Gasteiger partial charge >= 0.3 is 0 Å². The second-order valence-corrected chi connectivity index (χ2v) is 9.71. The van der Waals surface area contributed by atoms with Crippen molar-refractivity contribution >= 4 is 15.9 Å². The number of hydrogen-bond donors (Lipinski definition) is 1. The maximum Gasteiger partial charge on any atom is 0.223 e. The molecule has 0 bridgehead atoms. The fraction of sp³-hybridized carbons (Fsp3) is 0.650. The summed E-state index contributed by atoms with van der Waals surface area (Å²) in [5, 5.41) is 3.06. The number of nitrogens with zero attached hydrogens (tertiary/aromatic N) is 2. The Kier molecular flexibility index (Phi) is 7.45. The minimum atomic E-state index is -3.16. The normalized spacial score (nSPS) is 20.2. The average Bonchev–Trinajstić information content (AvgIpc) is 2.74. The van der Waals surface area contributed by atoms with Crippen LogP contribution in [0.15, 0.2) is 24.3 Å². The Morgan fingerprint density at radius 2 is 1.75 bits per heavy atom. The third kappa shape index (κ3) is 5.53. The number of sulfonamides is 1. The second-order valence-electron chi connectivity index (χ2n) is 7.45. The van der Waals surface area contributed by atoms with E-state index in [-0.39, 0.29) is 17.6 Å². The lowest BCUT2D eigenvalue weighted by Crippen LogP contribution is -2.43. The summed E-state index contributed by atoms with van der Waals surface area (Å²) >= 11 is 0. The molecule has 0 radical (unpaired) electrons. The zero-order chi connectivity index (χ0) is 20.0. The summed E-state index contributed by atoms with van der Waals surface area (Å²) < 4.78 is 30.8. The lowest BCUT2D eigenvalue weighted by Gasteiger charge is -2.30. The summed E-state index contributed by atoms with van der Waals surface area (Å²) in [6.07, 6.45) is 1.17. The number of amides is 1. The fourth-order valence-electron chi connectivity index (χ4n) is 3.79. The first-order valence-corrected chi connectivity index (χ1v) is 11.7. The Morgan fingerprint density at radius 1 is 1.11 bits per heavy atom. The van der Waals surface area contributed by atoms with Gasteiger partial charge in [-0.1, -0.05) is 24.3 Å². The van der Waals surface area contributed by atoms with Gasteiger partial charge in [0.15, 0.2) is 0 Å². The van der Waals surface area contributed by atoms with E-state index in [1.807, 2.05) is 12.1 Å². The molecule has 1 aromatic rings. The number of morpholine rings is 1. The smallest absolute Gasteiger partial charge is 0.223 e. The molecule has 1 N–H and O–H groups in total. The van der Waals surface area contributed by atoms with Crippen LogP contribution in [0.4, 0.5) is 0 Å². The van der Waals surface area contributed by atoms with Crippen molar-refractivity contribution in [2.45, 2.75) is 32.9 Å². The number of piperidine rings is 1. The van der Waals surface area contributed by atoms with E-state index >= 15 is 0 Å². The summed E-state index contributed by atoms with van der Waals surface area (Å²) in [7, 11) is -3.16. The largest absolute Gasteiger partial charge is 0.379 e. The van der Waals surface area contributed by atoms with Gasteiger partial charge in [-0.05, 0) is 30.9 Å². The molecule has 0 spiro atoms. The van der Waals surface area contributed by atoms with E-state index in [1.165, 1.54) is 9.87 Å². The number of carbonyl (C=O) groups is 1. The zero-order valence-corrected chi connectivity index (χ0v) is 17.4. The van der Waals surface area contributed by atoms with Crippen molar-refractivity contribution in [2.75, 3.05) is 45.1 Å². The molecule has 2 aliphatic rings. The van der Waals surface area contributed by atoms with Crippen LogP contribution in [0.2, 0.25) is 0 Å². The summed E-state index contributed by atoms with van der Waals surface area (Å²) in [5.41, 5.74) is 2.36. The average molecular weight is 410 g/mol. The summed E-state index contributed by atoms with van der Waals surface area (Å²) in [5.74, 6) is 0.0218. The molecule has 1 aromatic carbocycles. The Hall–Kier alpha value is -1.48. The Morgan fingerprint density at radius 3 is 2.39 bits per heavy atom. The maximum absolute atomic E-state index is 12.6. The molecule has 1 amide bonds. The third-order valence-corrected chi connectivity index (χ3v) is 7.53. The van der Waals surface area contributed by atoms with Gasteiger partial charge in [0.1, 0.15) is 0 Å². The minimum absolute atomic E-state index is 0.0229. The zero-order valence-electron chi connectivity index (χ0n) is 16.6. The quantitative estimate of drug-likeness (QED) is 0.732. The molecule has 28 heavy (non-hydrogen) atoms. The van der Waals surface area contributed by atoms with Crippen LogP contribution in [-0.2, 0) is 32.6 Å². The highest BCUT2D eigenvalue weighted by Crippen LogP contribution is 2.20. The van der Waals surface area contributed by atoms with Gasteiger partial charge in [0.2, 0.25) is 15.9 Å². The molecule has 0 atom stereocenters. The first kappa shape index (κ1) is 21.2. The third-order valence-electron chi connectivity index (χ3n) is 5.65. The Labute approximate surface area is 168 Å². The van der Waals surface area contributed by atoms with Crippen molar-refractivity contribution in [3.63, 3.8) is 0 Å². The van der Waals surface area contributed by atoms with Crippen LogP contribution >= 0.6 is 0 Å². The molecule has 2 fully saturated rings. The molecule has 0 unspecified atom stereocenters.